The molecule has 0 amide bonds. The van der Waals surface area contributed by atoms with Gasteiger partial charge in [0.05, 0.1) is 22.3 Å². The molecular formula is C10H10Cl2F3NO. The SMILES string of the molecule is FC(F)(F)COCCNc1c(Cl)cccc1Cl. The summed E-state index contributed by atoms with van der Waals surface area (Å²) in [5, 5.41) is 3.63. The van der Waals surface area contributed by atoms with Crippen LogP contribution in [-0.2, 0) is 4.74 Å². The molecule has 0 radical (unpaired) electrons. The zero-order valence-electron chi connectivity index (χ0n) is 8.65. The van der Waals surface area contributed by atoms with E-state index in [4.69, 9.17) is 23.2 Å². The zero-order chi connectivity index (χ0) is 12.9. The molecule has 1 aromatic carbocycles. The van der Waals surface area contributed by atoms with E-state index in [0.717, 1.165) is 0 Å². The van der Waals surface area contributed by atoms with Crippen molar-refractivity contribution >= 4 is 28.9 Å². The first kappa shape index (κ1) is 14.4. The molecule has 0 aliphatic carbocycles. The molecule has 17 heavy (non-hydrogen) atoms. The van der Waals surface area contributed by atoms with Gasteiger partial charge in [0.1, 0.15) is 6.61 Å². The topological polar surface area (TPSA) is 21.3 Å². The van der Waals surface area contributed by atoms with Crippen LogP contribution in [-0.4, -0.2) is 25.9 Å². The molecule has 0 heterocycles. The van der Waals surface area contributed by atoms with Crippen LogP contribution in [0.15, 0.2) is 18.2 Å². The first-order valence-electron chi connectivity index (χ1n) is 4.72. The van der Waals surface area contributed by atoms with E-state index in [2.05, 4.69) is 10.1 Å². The molecule has 1 rings (SSSR count). The number of nitrogens with one attached hydrogen (secondary N) is 1. The first-order chi connectivity index (χ1) is 7.90. The van der Waals surface area contributed by atoms with Gasteiger partial charge in [-0.25, -0.2) is 0 Å². The van der Waals surface area contributed by atoms with Crippen LogP contribution in [0, 0.1) is 0 Å². The van der Waals surface area contributed by atoms with Gasteiger partial charge in [-0.2, -0.15) is 13.2 Å². The van der Waals surface area contributed by atoms with Crippen LogP contribution in [0.2, 0.25) is 10.0 Å². The Morgan fingerprint density at radius 1 is 1.18 bits per heavy atom. The normalized spacial score (nSPS) is 11.6. The third kappa shape index (κ3) is 5.48. The Labute approximate surface area is 107 Å². The Kier molecular flexibility index (Phi) is 5.36. The number of alkyl halides is 3. The van der Waals surface area contributed by atoms with Crippen molar-refractivity contribution in [2.24, 2.45) is 0 Å². The Hall–Kier alpha value is -0.650. The molecule has 7 heteroatoms. The van der Waals surface area contributed by atoms with Gasteiger partial charge >= 0.3 is 6.18 Å². The molecule has 0 fully saturated rings. The summed E-state index contributed by atoms with van der Waals surface area (Å²) in [7, 11) is 0. The van der Waals surface area contributed by atoms with E-state index < -0.39 is 12.8 Å². The summed E-state index contributed by atoms with van der Waals surface area (Å²) < 4.78 is 39.7. The molecule has 0 aromatic heterocycles. The standard InChI is InChI=1S/C10H10Cl2F3NO/c11-7-2-1-3-8(12)9(7)16-4-5-17-6-10(13,14)15/h1-3,16H,4-6H2. The zero-order valence-corrected chi connectivity index (χ0v) is 10.2. The number of benzene rings is 1. The van der Waals surface area contributed by atoms with Crippen LogP contribution >= 0.6 is 23.2 Å². The summed E-state index contributed by atoms with van der Waals surface area (Å²) >= 11 is 11.7. The summed E-state index contributed by atoms with van der Waals surface area (Å²) in [6.07, 6.45) is -4.30. The predicted octanol–water partition coefficient (Wildman–Crippen LogP) is 3.98. The fourth-order valence-electron chi connectivity index (χ4n) is 1.10. The molecular weight excluding hydrogens is 278 g/mol. The lowest BCUT2D eigenvalue weighted by Crippen LogP contribution is -2.20. The first-order valence-corrected chi connectivity index (χ1v) is 5.48. The maximum absolute atomic E-state index is 11.7. The third-order valence-corrected chi connectivity index (χ3v) is 2.41. The average Bonchev–Trinajstić information content (AvgIpc) is 2.20. The van der Waals surface area contributed by atoms with Gasteiger partial charge < -0.3 is 10.1 Å². The van der Waals surface area contributed by atoms with E-state index in [1.165, 1.54) is 0 Å². The van der Waals surface area contributed by atoms with Gasteiger partial charge in [0, 0.05) is 6.54 Å². The van der Waals surface area contributed by atoms with Crippen molar-refractivity contribution in [3.05, 3.63) is 28.2 Å². The number of hydrogen-bond acceptors (Lipinski definition) is 2. The minimum absolute atomic E-state index is 0.0823. The van der Waals surface area contributed by atoms with Crippen LogP contribution in [0.1, 0.15) is 0 Å². The number of anilines is 1. The van der Waals surface area contributed by atoms with Gasteiger partial charge in [-0.1, -0.05) is 29.3 Å². The summed E-state index contributed by atoms with van der Waals surface area (Å²) in [6, 6.07) is 4.94. The molecule has 0 unspecified atom stereocenters. The number of ether oxygens (including phenoxy) is 1. The molecule has 1 N–H and O–H groups in total. The number of rotatable bonds is 5. The van der Waals surface area contributed by atoms with Crippen molar-refractivity contribution in [2.45, 2.75) is 6.18 Å². The lowest BCUT2D eigenvalue weighted by molar-refractivity contribution is -0.172. The lowest BCUT2D eigenvalue weighted by atomic mass is 10.3. The lowest BCUT2D eigenvalue weighted by Gasteiger charge is -2.11. The van der Waals surface area contributed by atoms with Gasteiger partial charge in [-0.3, -0.25) is 0 Å². The Bertz CT molecular complexity index is 351. The molecule has 0 bridgehead atoms. The highest BCUT2D eigenvalue weighted by molar-refractivity contribution is 6.39. The number of hydrogen-bond donors (Lipinski definition) is 1. The van der Waals surface area contributed by atoms with Crippen LogP contribution in [0.4, 0.5) is 18.9 Å². The van der Waals surface area contributed by atoms with Crippen LogP contribution in [0.25, 0.3) is 0 Å². The van der Waals surface area contributed by atoms with Gasteiger partial charge in [0.25, 0.3) is 0 Å². The highest BCUT2D eigenvalue weighted by Gasteiger charge is 2.27. The number of halogens is 5. The van der Waals surface area contributed by atoms with Crippen molar-refractivity contribution in [1.29, 1.82) is 0 Å². The molecule has 1 aromatic rings. The maximum atomic E-state index is 11.7. The minimum Gasteiger partial charge on any atom is -0.380 e. The van der Waals surface area contributed by atoms with Gasteiger partial charge in [-0.15, -0.1) is 0 Å². The molecule has 0 spiro atoms. The molecule has 0 aliphatic heterocycles. The largest absolute Gasteiger partial charge is 0.411 e. The van der Waals surface area contributed by atoms with E-state index in [-0.39, 0.29) is 13.2 Å². The van der Waals surface area contributed by atoms with Gasteiger partial charge in [0.2, 0.25) is 0 Å². The summed E-state index contributed by atoms with van der Waals surface area (Å²) in [5.41, 5.74) is 0.492. The maximum Gasteiger partial charge on any atom is 0.411 e. The van der Waals surface area contributed by atoms with E-state index in [0.29, 0.717) is 15.7 Å². The minimum atomic E-state index is -4.30. The van der Waals surface area contributed by atoms with Crippen LogP contribution < -0.4 is 5.32 Å². The highest BCUT2D eigenvalue weighted by atomic mass is 35.5. The van der Waals surface area contributed by atoms with E-state index in [9.17, 15) is 13.2 Å². The smallest absolute Gasteiger partial charge is 0.380 e. The fourth-order valence-corrected chi connectivity index (χ4v) is 1.63. The molecule has 0 atom stereocenters. The van der Waals surface area contributed by atoms with Gasteiger partial charge in [-0.05, 0) is 12.1 Å². The second-order valence-electron chi connectivity index (χ2n) is 3.19. The van der Waals surface area contributed by atoms with Crippen LogP contribution in [0.3, 0.4) is 0 Å². The van der Waals surface area contributed by atoms with Crippen molar-refractivity contribution < 1.29 is 17.9 Å². The predicted molar refractivity (Wildman–Crippen MR) is 61.8 cm³/mol. The Morgan fingerprint density at radius 3 is 2.29 bits per heavy atom. The Morgan fingerprint density at radius 2 is 1.76 bits per heavy atom. The fraction of sp³-hybridized carbons (Fsp3) is 0.400. The second-order valence-corrected chi connectivity index (χ2v) is 4.01. The Balaban J connectivity index is 2.32. The molecule has 0 saturated carbocycles. The summed E-state index contributed by atoms with van der Waals surface area (Å²) in [5.74, 6) is 0. The van der Waals surface area contributed by atoms with Crippen LogP contribution in [0.5, 0.6) is 0 Å². The highest BCUT2D eigenvalue weighted by Crippen LogP contribution is 2.29. The average molecular weight is 288 g/mol. The number of para-hydroxylation sites is 1. The molecule has 0 saturated heterocycles. The van der Waals surface area contributed by atoms with Crippen molar-refractivity contribution in [1.82, 2.24) is 0 Å². The van der Waals surface area contributed by atoms with E-state index in [1.807, 2.05) is 0 Å². The quantitative estimate of drug-likeness (QED) is 0.827. The van der Waals surface area contributed by atoms with E-state index >= 15 is 0 Å². The second kappa shape index (κ2) is 6.33. The summed E-state index contributed by atoms with van der Waals surface area (Å²) in [6.45, 7) is -1.15. The van der Waals surface area contributed by atoms with Crippen molar-refractivity contribution in [3.63, 3.8) is 0 Å². The molecule has 96 valence electrons. The van der Waals surface area contributed by atoms with Crippen molar-refractivity contribution in [3.8, 4) is 0 Å². The van der Waals surface area contributed by atoms with Gasteiger partial charge in [0.15, 0.2) is 0 Å². The summed E-state index contributed by atoms with van der Waals surface area (Å²) in [4.78, 5) is 0. The van der Waals surface area contributed by atoms with E-state index in [1.54, 1.807) is 18.2 Å². The molecule has 0 aliphatic rings. The van der Waals surface area contributed by atoms with Crippen molar-refractivity contribution in [2.75, 3.05) is 25.1 Å². The third-order valence-electron chi connectivity index (χ3n) is 1.78. The molecule has 2 nitrogen and oxygen atoms in total. The monoisotopic (exact) mass is 287 g/mol.